The van der Waals surface area contributed by atoms with Gasteiger partial charge in [-0.2, -0.15) is 11.8 Å². The van der Waals surface area contributed by atoms with Gasteiger partial charge in [-0.3, -0.25) is 9.69 Å². The van der Waals surface area contributed by atoms with Crippen molar-refractivity contribution in [2.45, 2.75) is 44.2 Å². The minimum Gasteiger partial charge on any atom is -0.298 e. The molecular weight excluding hydrogens is 194 g/mol. The maximum absolute atomic E-state index is 11.7. The third-order valence-electron chi connectivity index (χ3n) is 3.50. The number of Topliss-reactive ketones (excluding diaryl/α,β-unsaturated/α-hetero) is 1. The summed E-state index contributed by atoms with van der Waals surface area (Å²) in [5.41, 5.74) is 0. The van der Waals surface area contributed by atoms with Gasteiger partial charge in [0.25, 0.3) is 0 Å². The smallest absolute Gasteiger partial charge is 0.149 e. The van der Waals surface area contributed by atoms with E-state index < -0.39 is 0 Å². The number of carbonyl (C=O) groups excluding carboxylic acids is 1. The molecule has 0 aromatic heterocycles. The van der Waals surface area contributed by atoms with E-state index in [1.54, 1.807) is 0 Å². The first kappa shape index (κ1) is 10.5. The average Bonchev–Trinajstić information content (AvgIpc) is 2.70. The third kappa shape index (κ3) is 2.14. The Morgan fingerprint density at radius 1 is 1.36 bits per heavy atom. The van der Waals surface area contributed by atoms with E-state index in [0.717, 1.165) is 19.3 Å². The highest BCUT2D eigenvalue weighted by molar-refractivity contribution is 7.99. The molecule has 2 aliphatic rings. The second-order valence-corrected chi connectivity index (χ2v) is 5.56. The minimum atomic E-state index is 0.243. The third-order valence-corrected chi connectivity index (χ3v) is 4.64. The maximum atomic E-state index is 11.7. The van der Waals surface area contributed by atoms with Gasteiger partial charge < -0.3 is 0 Å². The normalized spacial score (nSPS) is 34.0. The van der Waals surface area contributed by atoms with Gasteiger partial charge in [-0.1, -0.05) is 6.42 Å². The monoisotopic (exact) mass is 213 g/mol. The van der Waals surface area contributed by atoms with Gasteiger partial charge in [-0.05, 0) is 32.1 Å². The van der Waals surface area contributed by atoms with Crippen molar-refractivity contribution in [3.05, 3.63) is 0 Å². The van der Waals surface area contributed by atoms with Crippen LogP contribution in [0.5, 0.6) is 0 Å². The molecule has 0 amide bonds. The first-order chi connectivity index (χ1) is 6.79. The molecule has 0 radical (unpaired) electrons. The molecule has 1 aliphatic carbocycles. The summed E-state index contributed by atoms with van der Waals surface area (Å²) in [6.07, 6.45) is 5.53. The van der Waals surface area contributed by atoms with Crippen molar-refractivity contribution in [2.75, 3.05) is 18.6 Å². The number of likely N-dealkylation sites (N-methyl/N-ethyl adjacent to an activating group) is 1. The van der Waals surface area contributed by atoms with Gasteiger partial charge in [-0.15, -0.1) is 0 Å². The van der Waals surface area contributed by atoms with Gasteiger partial charge in [0.05, 0.1) is 6.04 Å². The van der Waals surface area contributed by atoms with E-state index in [1.165, 1.54) is 24.3 Å². The van der Waals surface area contributed by atoms with Crippen LogP contribution < -0.4 is 0 Å². The zero-order chi connectivity index (χ0) is 9.97. The van der Waals surface area contributed by atoms with Gasteiger partial charge in [0.1, 0.15) is 5.78 Å². The molecule has 2 fully saturated rings. The number of ketones is 1. The second-order valence-electron chi connectivity index (χ2n) is 4.41. The maximum Gasteiger partial charge on any atom is 0.149 e. The van der Waals surface area contributed by atoms with E-state index >= 15 is 0 Å². The fraction of sp³-hybridized carbons (Fsp3) is 0.909. The van der Waals surface area contributed by atoms with Gasteiger partial charge in [0.2, 0.25) is 0 Å². The molecule has 2 atom stereocenters. The van der Waals surface area contributed by atoms with Crippen LogP contribution in [0, 0.1) is 0 Å². The topological polar surface area (TPSA) is 20.3 Å². The number of carbonyl (C=O) groups is 1. The van der Waals surface area contributed by atoms with Crippen molar-refractivity contribution >= 4 is 17.5 Å². The van der Waals surface area contributed by atoms with Crippen LogP contribution in [-0.4, -0.2) is 41.3 Å². The van der Waals surface area contributed by atoms with Crippen molar-refractivity contribution < 1.29 is 4.79 Å². The van der Waals surface area contributed by atoms with E-state index in [2.05, 4.69) is 11.9 Å². The highest BCUT2D eigenvalue weighted by atomic mass is 32.2. The first-order valence-electron chi connectivity index (χ1n) is 5.61. The summed E-state index contributed by atoms with van der Waals surface area (Å²) in [5.74, 6) is 2.98. The molecule has 3 heteroatoms. The first-order valence-corrected chi connectivity index (χ1v) is 6.77. The Morgan fingerprint density at radius 3 is 2.86 bits per heavy atom. The van der Waals surface area contributed by atoms with Crippen molar-refractivity contribution in [3.8, 4) is 0 Å². The van der Waals surface area contributed by atoms with Gasteiger partial charge in [-0.25, -0.2) is 0 Å². The molecule has 0 aromatic carbocycles. The molecule has 2 unspecified atom stereocenters. The summed E-state index contributed by atoms with van der Waals surface area (Å²) in [6.45, 7) is 0. The molecule has 14 heavy (non-hydrogen) atoms. The number of nitrogens with zero attached hydrogens (tertiary/aromatic N) is 1. The lowest BCUT2D eigenvalue weighted by Crippen LogP contribution is -2.46. The quantitative estimate of drug-likeness (QED) is 0.699. The molecule has 1 heterocycles. The Hall–Kier alpha value is -0.0200. The molecule has 0 bridgehead atoms. The summed E-state index contributed by atoms with van der Waals surface area (Å²) in [6, 6.07) is 0.902. The van der Waals surface area contributed by atoms with Crippen LogP contribution in [0.1, 0.15) is 32.1 Å². The standard InChI is InChI=1S/C11H19NOS/c1-12(9-6-7-14-8-9)10-4-2-3-5-11(10)13/h9-10H,2-8H2,1H3. The summed E-state index contributed by atoms with van der Waals surface area (Å²) < 4.78 is 0. The molecule has 0 spiro atoms. The Bertz CT molecular complexity index is 213. The Morgan fingerprint density at radius 2 is 2.21 bits per heavy atom. The Kier molecular flexibility index (Phi) is 3.50. The number of thioether (sulfide) groups is 1. The van der Waals surface area contributed by atoms with Crippen molar-refractivity contribution in [1.82, 2.24) is 4.90 Å². The molecule has 0 N–H and O–H groups in total. The predicted octanol–water partition coefficient (Wildman–Crippen LogP) is 1.94. The average molecular weight is 213 g/mol. The summed E-state index contributed by atoms with van der Waals surface area (Å²) in [5, 5.41) is 0. The highest BCUT2D eigenvalue weighted by Crippen LogP contribution is 2.26. The summed E-state index contributed by atoms with van der Waals surface area (Å²) in [7, 11) is 2.14. The van der Waals surface area contributed by atoms with E-state index in [-0.39, 0.29) is 6.04 Å². The van der Waals surface area contributed by atoms with Crippen molar-refractivity contribution in [1.29, 1.82) is 0 Å². The van der Waals surface area contributed by atoms with Gasteiger partial charge in [0.15, 0.2) is 0 Å². The molecule has 80 valence electrons. The summed E-state index contributed by atoms with van der Waals surface area (Å²) in [4.78, 5) is 14.1. The van der Waals surface area contributed by atoms with Gasteiger partial charge in [0, 0.05) is 18.2 Å². The van der Waals surface area contributed by atoms with Crippen LogP contribution in [0.4, 0.5) is 0 Å². The lowest BCUT2D eigenvalue weighted by molar-refractivity contribution is -0.126. The van der Waals surface area contributed by atoms with Crippen LogP contribution in [0.15, 0.2) is 0 Å². The SMILES string of the molecule is CN(C1CCSC1)C1CCCCC1=O. The summed E-state index contributed by atoms with van der Waals surface area (Å²) >= 11 is 2.02. The second kappa shape index (κ2) is 4.67. The minimum absolute atomic E-state index is 0.243. The molecule has 1 aliphatic heterocycles. The lowest BCUT2D eigenvalue weighted by Gasteiger charge is -2.33. The number of rotatable bonds is 2. The molecule has 1 saturated carbocycles. The van der Waals surface area contributed by atoms with Crippen LogP contribution in [0.25, 0.3) is 0 Å². The van der Waals surface area contributed by atoms with Gasteiger partial charge >= 0.3 is 0 Å². The van der Waals surface area contributed by atoms with Crippen LogP contribution in [0.2, 0.25) is 0 Å². The van der Waals surface area contributed by atoms with Crippen molar-refractivity contribution in [2.24, 2.45) is 0 Å². The van der Waals surface area contributed by atoms with Crippen LogP contribution in [0.3, 0.4) is 0 Å². The van der Waals surface area contributed by atoms with Crippen LogP contribution >= 0.6 is 11.8 Å². The van der Waals surface area contributed by atoms with E-state index in [0.29, 0.717) is 11.8 Å². The largest absolute Gasteiger partial charge is 0.298 e. The molecule has 1 saturated heterocycles. The lowest BCUT2D eigenvalue weighted by atomic mass is 9.92. The molecule has 2 rings (SSSR count). The van der Waals surface area contributed by atoms with E-state index in [9.17, 15) is 4.79 Å². The van der Waals surface area contributed by atoms with Crippen LogP contribution in [-0.2, 0) is 4.79 Å². The predicted molar refractivity (Wildman–Crippen MR) is 60.8 cm³/mol. The number of hydrogen-bond donors (Lipinski definition) is 0. The molecule has 0 aromatic rings. The highest BCUT2D eigenvalue weighted by Gasteiger charge is 2.31. The Labute approximate surface area is 90.4 Å². The molecule has 2 nitrogen and oxygen atoms in total. The molecular formula is C11H19NOS. The van der Waals surface area contributed by atoms with E-state index in [4.69, 9.17) is 0 Å². The zero-order valence-corrected chi connectivity index (χ0v) is 9.68. The number of hydrogen-bond acceptors (Lipinski definition) is 3. The van der Waals surface area contributed by atoms with E-state index in [1.807, 2.05) is 11.8 Å². The fourth-order valence-electron chi connectivity index (χ4n) is 2.49. The van der Waals surface area contributed by atoms with Crippen molar-refractivity contribution in [3.63, 3.8) is 0 Å². The zero-order valence-electron chi connectivity index (χ0n) is 8.87. The Balaban J connectivity index is 1.94. The fourth-order valence-corrected chi connectivity index (χ4v) is 3.77.